The van der Waals surface area contributed by atoms with E-state index in [-0.39, 0.29) is 11.7 Å². The predicted octanol–water partition coefficient (Wildman–Crippen LogP) is 5.93. The zero-order valence-corrected chi connectivity index (χ0v) is 19.2. The largest absolute Gasteiger partial charge is 0.378 e. The van der Waals surface area contributed by atoms with Gasteiger partial charge in [-0.3, -0.25) is 4.79 Å². The van der Waals surface area contributed by atoms with E-state index >= 15 is 0 Å². The van der Waals surface area contributed by atoms with Gasteiger partial charge in [0, 0.05) is 51.9 Å². The quantitative estimate of drug-likeness (QED) is 0.509. The molecule has 1 unspecified atom stereocenters. The smallest absolute Gasteiger partial charge is 0.156 e. The molecular formula is C29H30N2O. The van der Waals surface area contributed by atoms with Crippen molar-refractivity contribution in [3.63, 3.8) is 0 Å². The van der Waals surface area contributed by atoms with E-state index in [0.29, 0.717) is 6.42 Å². The van der Waals surface area contributed by atoms with Crippen LogP contribution >= 0.6 is 0 Å². The minimum Gasteiger partial charge on any atom is -0.378 e. The summed E-state index contributed by atoms with van der Waals surface area (Å²) in [4.78, 5) is 16.6. The minimum absolute atomic E-state index is 0.0331. The van der Waals surface area contributed by atoms with Crippen LogP contribution in [0.15, 0.2) is 96.6 Å². The van der Waals surface area contributed by atoms with E-state index in [1.165, 1.54) is 16.7 Å². The first kappa shape index (κ1) is 21.6. The van der Waals surface area contributed by atoms with Crippen LogP contribution in [-0.2, 0) is 4.79 Å². The second kappa shape index (κ2) is 9.27. The summed E-state index contributed by atoms with van der Waals surface area (Å²) >= 11 is 0. The molecular weight excluding hydrogens is 392 g/mol. The zero-order valence-electron chi connectivity index (χ0n) is 19.2. The van der Waals surface area contributed by atoms with Gasteiger partial charge in [-0.25, -0.2) is 0 Å². The van der Waals surface area contributed by atoms with E-state index in [1.54, 1.807) is 6.08 Å². The van der Waals surface area contributed by atoms with E-state index in [1.807, 2.05) is 24.3 Å². The molecule has 0 heterocycles. The highest BCUT2D eigenvalue weighted by atomic mass is 16.1. The lowest BCUT2D eigenvalue weighted by Crippen LogP contribution is -2.14. The molecule has 4 rings (SSSR count). The Morgan fingerprint density at radius 1 is 0.688 bits per heavy atom. The Morgan fingerprint density at radius 3 is 1.66 bits per heavy atom. The topological polar surface area (TPSA) is 23.6 Å². The Labute approximate surface area is 191 Å². The minimum atomic E-state index is 0.0331. The number of hydrogen-bond donors (Lipinski definition) is 0. The predicted molar refractivity (Wildman–Crippen MR) is 136 cm³/mol. The van der Waals surface area contributed by atoms with E-state index in [4.69, 9.17) is 0 Å². The van der Waals surface area contributed by atoms with Crippen LogP contribution in [0.25, 0.3) is 5.57 Å². The van der Waals surface area contributed by atoms with Crippen molar-refractivity contribution in [3.8, 4) is 0 Å². The first-order valence-electron chi connectivity index (χ1n) is 11.0. The Bertz CT molecular complexity index is 1080. The number of rotatable bonds is 5. The van der Waals surface area contributed by atoms with Gasteiger partial charge in [0.2, 0.25) is 0 Å². The SMILES string of the molecule is CN(C)c1ccc(C(=C2C=CC(=O)CC2c2ccccc2)c2ccc(N(C)C)cc2)cc1. The number of nitrogens with zero attached hydrogens (tertiary/aromatic N) is 2. The molecule has 1 aliphatic carbocycles. The number of ketones is 1. The van der Waals surface area contributed by atoms with Crippen LogP contribution in [0.2, 0.25) is 0 Å². The Balaban J connectivity index is 1.93. The fraction of sp³-hybridized carbons (Fsp3) is 0.207. The summed E-state index contributed by atoms with van der Waals surface area (Å²) in [6.07, 6.45) is 4.25. The third-order valence-electron chi connectivity index (χ3n) is 6.06. The summed E-state index contributed by atoms with van der Waals surface area (Å²) in [7, 11) is 8.20. The highest BCUT2D eigenvalue weighted by Crippen LogP contribution is 2.40. The van der Waals surface area contributed by atoms with Crippen LogP contribution in [-0.4, -0.2) is 34.0 Å². The number of carbonyl (C=O) groups is 1. The van der Waals surface area contributed by atoms with Crippen LogP contribution in [0, 0.1) is 0 Å². The molecule has 0 fully saturated rings. The van der Waals surface area contributed by atoms with Crippen LogP contribution < -0.4 is 9.80 Å². The van der Waals surface area contributed by atoms with Crippen LogP contribution in [0.5, 0.6) is 0 Å². The van der Waals surface area contributed by atoms with Crippen molar-refractivity contribution in [2.24, 2.45) is 0 Å². The zero-order chi connectivity index (χ0) is 22.7. The average Bonchev–Trinajstić information content (AvgIpc) is 2.81. The molecule has 0 saturated heterocycles. The van der Waals surface area contributed by atoms with Crippen molar-refractivity contribution in [2.45, 2.75) is 12.3 Å². The fourth-order valence-corrected chi connectivity index (χ4v) is 4.27. The van der Waals surface area contributed by atoms with Crippen molar-refractivity contribution in [1.82, 2.24) is 0 Å². The highest BCUT2D eigenvalue weighted by Gasteiger charge is 2.26. The molecule has 3 nitrogen and oxygen atoms in total. The van der Waals surface area contributed by atoms with Crippen molar-refractivity contribution >= 4 is 22.7 Å². The maximum absolute atomic E-state index is 12.4. The number of benzene rings is 3. The summed E-state index contributed by atoms with van der Waals surface area (Å²) in [5.41, 5.74) is 8.17. The van der Waals surface area contributed by atoms with Gasteiger partial charge in [0.05, 0.1) is 0 Å². The van der Waals surface area contributed by atoms with Crippen molar-refractivity contribution in [1.29, 1.82) is 0 Å². The Morgan fingerprint density at radius 2 is 1.19 bits per heavy atom. The molecule has 0 aliphatic heterocycles. The normalized spacial score (nSPS) is 15.6. The van der Waals surface area contributed by atoms with Gasteiger partial charge in [0.25, 0.3) is 0 Å². The van der Waals surface area contributed by atoms with Gasteiger partial charge in [0.15, 0.2) is 5.78 Å². The molecule has 162 valence electrons. The molecule has 0 amide bonds. The molecule has 3 aromatic carbocycles. The molecule has 3 aromatic rings. The summed E-state index contributed by atoms with van der Waals surface area (Å²) in [6, 6.07) is 27.7. The lowest BCUT2D eigenvalue weighted by Gasteiger charge is -2.26. The van der Waals surface area contributed by atoms with E-state index < -0.39 is 0 Å². The Kier molecular flexibility index (Phi) is 6.27. The number of anilines is 2. The standard InChI is InChI=1S/C29H30N2O/c1-30(2)24-14-10-22(11-15-24)29(23-12-16-25(17-13-23)31(3)4)27-19-18-26(32)20-28(27)21-8-6-5-7-9-21/h5-19,28H,20H2,1-4H3. The average molecular weight is 423 g/mol. The third-order valence-corrected chi connectivity index (χ3v) is 6.06. The molecule has 0 bridgehead atoms. The van der Waals surface area contributed by atoms with Crippen LogP contribution in [0.4, 0.5) is 11.4 Å². The first-order valence-corrected chi connectivity index (χ1v) is 11.0. The molecule has 3 heteroatoms. The lowest BCUT2D eigenvalue weighted by molar-refractivity contribution is -0.115. The molecule has 1 atom stereocenters. The number of hydrogen-bond acceptors (Lipinski definition) is 3. The second-order valence-corrected chi connectivity index (χ2v) is 8.68. The van der Waals surface area contributed by atoms with Gasteiger partial charge in [-0.2, -0.15) is 0 Å². The highest BCUT2D eigenvalue weighted by molar-refractivity contribution is 5.96. The van der Waals surface area contributed by atoms with Gasteiger partial charge in [-0.1, -0.05) is 60.7 Å². The van der Waals surface area contributed by atoms with Gasteiger partial charge in [-0.15, -0.1) is 0 Å². The Hall–Kier alpha value is -3.59. The van der Waals surface area contributed by atoms with Gasteiger partial charge < -0.3 is 9.80 Å². The van der Waals surface area contributed by atoms with Gasteiger partial charge >= 0.3 is 0 Å². The fourth-order valence-electron chi connectivity index (χ4n) is 4.27. The van der Waals surface area contributed by atoms with Crippen molar-refractivity contribution in [2.75, 3.05) is 38.0 Å². The van der Waals surface area contributed by atoms with Gasteiger partial charge in [0.1, 0.15) is 0 Å². The molecule has 0 aromatic heterocycles. The molecule has 0 N–H and O–H groups in total. The monoisotopic (exact) mass is 422 g/mol. The second-order valence-electron chi connectivity index (χ2n) is 8.68. The molecule has 32 heavy (non-hydrogen) atoms. The van der Waals surface area contributed by atoms with Crippen LogP contribution in [0.1, 0.15) is 29.0 Å². The molecule has 0 spiro atoms. The summed E-state index contributed by atoms with van der Waals surface area (Å²) < 4.78 is 0. The van der Waals surface area contributed by atoms with E-state index in [0.717, 1.165) is 22.5 Å². The van der Waals surface area contributed by atoms with Gasteiger partial charge in [-0.05, 0) is 58.2 Å². The van der Waals surface area contributed by atoms with E-state index in [9.17, 15) is 4.79 Å². The molecule has 1 aliphatic rings. The maximum atomic E-state index is 12.4. The lowest BCUT2D eigenvalue weighted by atomic mass is 9.78. The first-order chi connectivity index (χ1) is 15.4. The summed E-state index contributed by atoms with van der Waals surface area (Å²) in [6.45, 7) is 0. The molecule has 0 radical (unpaired) electrons. The summed E-state index contributed by atoms with van der Waals surface area (Å²) in [5, 5.41) is 0. The van der Waals surface area contributed by atoms with E-state index in [2.05, 4.69) is 98.7 Å². The third kappa shape index (κ3) is 4.52. The van der Waals surface area contributed by atoms with Crippen LogP contribution in [0.3, 0.4) is 0 Å². The summed E-state index contributed by atoms with van der Waals surface area (Å²) in [5.74, 6) is 0.207. The molecule has 0 saturated carbocycles. The number of allylic oxidation sites excluding steroid dienone is 3. The van der Waals surface area contributed by atoms with Crippen molar-refractivity contribution < 1.29 is 4.79 Å². The maximum Gasteiger partial charge on any atom is 0.156 e. The van der Waals surface area contributed by atoms with Crippen molar-refractivity contribution in [3.05, 3.63) is 113 Å². The number of carbonyl (C=O) groups excluding carboxylic acids is 1.